The van der Waals surface area contributed by atoms with Crippen LogP contribution in [0, 0.1) is 6.92 Å². The Kier molecular flexibility index (Phi) is 3.00. The van der Waals surface area contributed by atoms with Gasteiger partial charge in [0.05, 0.1) is 0 Å². The lowest BCUT2D eigenvalue weighted by atomic mass is 10.1. The van der Waals surface area contributed by atoms with Crippen molar-refractivity contribution >= 4 is 12.2 Å². The zero-order valence-electron chi connectivity index (χ0n) is 6.82. The molecule has 0 heterocycles. The van der Waals surface area contributed by atoms with Gasteiger partial charge in [-0.05, 0) is 18.6 Å². The molecule has 1 aromatic rings. The molecule has 0 fully saturated rings. The van der Waals surface area contributed by atoms with Crippen LogP contribution in [0.1, 0.15) is 11.1 Å². The molecule has 2 nitrogen and oxygen atoms in total. The van der Waals surface area contributed by atoms with Crippen molar-refractivity contribution in [1.82, 2.24) is 0 Å². The van der Waals surface area contributed by atoms with E-state index in [1.165, 1.54) is 17.8 Å². The van der Waals surface area contributed by atoms with Crippen molar-refractivity contribution in [2.75, 3.05) is 0 Å². The highest BCUT2D eigenvalue weighted by Crippen LogP contribution is 2.04. The second-order valence-corrected chi connectivity index (χ2v) is 2.45. The van der Waals surface area contributed by atoms with E-state index < -0.39 is 0 Å². The second-order valence-electron chi connectivity index (χ2n) is 2.45. The summed E-state index contributed by atoms with van der Waals surface area (Å²) in [5, 5.41) is 0. The van der Waals surface area contributed by atoms with Crippen LogP contribution in [0.3, 0.4) is 0 Å². The van der Waals surface area contributed by atoms with Crippen molar-refractivity contribution in [3.05, 3.63) is 41.6 Å². The van der Waals surface area contributed by atoms with Crippen molar-refractivity contribution in [3.8, 4) is 0 Å². The van der Waals surface area contributed by atoms with E-state index in [4.69, 9.17) is 0 Å². The molecule has 0 atom stereocenters. The summed E-state index contributed by atoms with van der Waals surface area (Å²) in [4.78, 5) is 13.0. The number of benzene rings is 1. The van der Waals surface area contributed by atoms with Gasteiger partial charge in [-0.25, -0.2) is 4.79 Å². The third kappa shape index (κ3) is 2.52. The Morgan fingerprint density at radius 2 is 2.00 bits per heavy atom. The molecule has 0 saturated carbocycles. The van der Waals surface area contributed by atoms with Crippen LogP contribution in [0.5, 0.6) is 0 Å². The molecule has 0 radical (unpaired) electrons. The largest absolute Gasteiger partial charge is 0.239 e. The third-order valence-electron chi connectivity index (χ3n) is 1.47. The summed E-state index contributed by atoms with van der Waals surface area (Å²) in [5.41, 5.74) is 2.24. The van der Waals surface area contributed by atoms with E-state index in [0.717, 1.165) is 5.56 Å². The monoisotopic (exact) mass is 159 g/mol. The fraction of sp³-hybridized carbons (Fsp3) is 0.100. The molecule has 0 aliphatic carbocycles. The molecule has 60 valence electrons. The minimum absolute atomic E-state index is 1.03. The molecule has 0 aliphatic heterocycles. The molecule has 0 unspecified atom stereocenters. The SMILES string of the molecule is Cc1ccc(/C=C/N=C=O)cc1. The Bertz CT molecular complexity index is 318. The predicted octanol–water partition coefficient (Wildman–Crippen LogP) is 2.30. The van der Waals surface area contributed by atoms with Crippen LogP contribution in [-0.4, -0.2) is 6.08 Å². The van der Waals surface area contributed by atoms with Crippen LogP contribution >= 0.6 is 0 Å². The van der Waals surface area contributed by atoms with E-state index in [1.807, 2.05) is 31.2 Å². The van der Waals surface area contributed by atoms with Gasteiger partial charge in [-0.2, -0.15) is 4.99 Å². The van der Waals surface area contributed by atoms with E-state index in [0.29, 0.717) is 0 Å². The number of aryl methyl sites for hydroxylation is 1. The summed E-state index contributed by atoms with van der Waals surface area (Å²) in [6.45, 7) is 2.02. The highest BCUT2D eigenvalue weighted by Gasteiger charge is 1.84. The van der Waals surface area contributed by atoms with E-state index in [1.54, 1.807) is 6.08 Å². The summed E-state index contributed by atoms with van der Waals surface area (Å²) < 4.78 is 0. The van der Waals surface area contributed by atoms with Crippen LogP contribution in [0.15, 0.2) is 35.5 Å². The zero-order valence-corrected chi connectivity index (χ0v) is 6.82. The van der Waals surface area contributed by atoms with Crippen LogP contribution in [0.4, 0.5) is 0 Å². The number of hydrogen-bond acceptors (Lipinski definition) is 2. The van der Waals surface area contributed by atoms with Crippen molar-refractivity contribution in [1.29, 1.82) is 0 Å². The molecule has 0 aliphatic rings. The van der Waals surface area contributed by atoms with Crippen molar-refractivity contribution in [3.63, 3.8) is 0 Å². The van der Waals surface area contributed by atoms with Crippen LogP contribution in [0.2, 0.25) is 0 Å². The highest BCUT2D eigenvalue weighted by atomic mass is 16.1. The van der Waals surface area contributed by atoms with Crippen LogP contribution in [-0.2, 0) is 4.79 Å². The first-order valence-electron chi connectivity index (χ1n) is 3.63. The first-order chi connectivity index (χ1) is 5.83. The number of carbonyl (C=O) groups excluding carboxylic acids is 1. The maximum absolute atomic E-state index is 9.71. The van der Waals surface area contributed by atoms with Crippen molar-refractivity contribution in [2.45, 2.75) is 6.92 Å². The normalized spacial score (nSPS) is 9.75. The van der Waals surface area contributed by atoms with Crippen molar-refractivity contribution in [2.24, 2.45) is 4.99 Å². The van der Waals surface area contributed by atoms with Gasteiger partial charge < -0.3 is 0 Å². The number of aliphatic imine (C=N–C) groups is 1. The lowest BCUT2D eigenvalue weighted by Gasteiger charge is -1.92. The molecule has 1 aromatic carbocycles. The van der Waals surface area contributed by atoms with Gasteiger partial charge in [-0.1, -0.05) is 29.8 Å². The number of rotatable bonds is 2. The molecular weight excluding hydrogens is 150 g/mol. The van der Waals surface area contributed by atoms with Gasteiger partial charge in [0.2, 0.25) is 6.08 Å². The molecule has 2 heteroatoms. The minimum atomic E-state index is 1.03. The Morgan fingerprint density at radius 1 is 1.33 bits per heavy atom. The Labute approximate surface area is 71.3 Å². The Balaban J connectivity index is 2.77. The first kappa shape index (κ1) is 8.44. The summed E-state index contributed by atoms with van der Waals surface area (Å²) in [5.74, 6) is 0. The Hall–Kier alpha value is -1.66. The average molecular weight is 159 g/mol. The Morgan fingerprint density at radius 3 is 2.58 bits per heavy atom. The molecule has 0 spiro atoms. The standard InChI is InChI=1S/C10H9NO/c1-9-2-4-10(5-3-9)6-7-11-8-12/h2-7H,1H3/b7-6+. The summed E-state index contributed by atoms with van der Waals surface area (Å²) >= 11 is 0. The van der Waals surface area contributed by atoms with Gasteiger partial charge >= 0.3 is 0 Å². The molecule has 0 N–H and O–H groups in total. The fourth-order valence-electron chi connectivity index (χ4n) is 0.831. The first-order valence-corrected chi connectivity index (χ1v) is 3.63. The van der Waals surface area contributed by atoms with Crippen LogP contribution < -0.4 is 0 Å². The molecule has 0 bridgehead atoms. The van der Waals surface area contributed by atoms with E-state index >= 15 is 0 Å². The highest BCUT2D eigenvalue weighted by molar-refractivity contribution is 5.51. The second kappa shape index (κ2) is 4.27. The lowest BCUT2D eigenvalue weighted by molar-refractivity contribution is 0.565. The summed E-state index contributed by atoms with van der Waals surface area (Å²) in [6, 6.07) is 7.94. The number of nitrogens with zero attached hydrogens (tertiary/aromatic N) is 1. The molecule has 0 amide bonds. The average Bonchev–Trinajstić information content (AvgIpc) is 2.09. The maximum Gasteiger partial charge on any atom is 0.239 e. The van der Waals surface area contributed by atoms with Gasteiger partial charge in [0, 0.05) is 6.20 Å². The van der Waals surface area contributed by atoms with Gasteiger partial charge in [0.1, 0.15) is 0 Å². The number of isocyanates is 1. The molecule has 0 aromatic heterocycles. The molecular formula is C10H9NO. The fourth-order valence-corrected chi connectivity index (χ4v) is 0.831. The predicted molar refractivity (Wildman–Crippen MR) is 48.3 cm³/mol. The van der Waals surface area contributed by atoms with Gasteiger partial charge in [0.15, 0.2) is 0 Å². The third-order valence-corrected chi connectivity index (χ3v) is 1.47. The van der Waals surface area contributed by atoms with Crippen LogP contribution in [0.25, 0.3) is 6.08 Å². The topological polar surface area (TPSA) is 29.4 Å². The molecule has 1 rings (SSSR count). The lowest BCUT2D eigenvalue weighted by Crippen LogP contribution is -1.72. The smallest absolute Gasteiger partial charge is 0.211 e. The molecule has 0 saturated heterocycles. The maximum atomic E-state index is 9.71. The number of hydrogen-bond donors (Lipinski definition) is 0. The van der Waals surface area contributed by atoms with Crippen molar-refractivity contribution < 1.29 is 4.79 Å². The van der Waals surface area contributed by atoms with E-state index in [2.05, 4.69) is 4.99 Å². The van der Waals surface area contributed by atoms with Gasteiger partial charge in [-0.15, -0.1) is 0 Å². The summed E-state index contributed by atoms with van der Waals surface area (Å²) in [7, 11) is 0. The van der Waals surface area contributed by atoms with E-state index in [9.17, 15) is 4.79 Å². The van der Waals surface area contributed by atoms with Gasteiger partial charge in [-0.3, -0.25) is 0 Å². The molecule has 12 heavy (non-hydrogen) atoms. The summed E-state index contributed by atoms with van der Waals surface area (Å²) in [6.07, 6.45) is 4.62. The minimum Gasteiger partial charge on any atom is -0.211 e. The quantitative estimate of drug-likeness (QED) is 0.481. The van der Waals surface area contributed by atoms with E-state index in [-0.39, 0.29) is 0 Å². The zero-order chi connectivity index (χ0) is 8.81. The van der Waals surface area contributed by atoms with Gasteiger partial charge in [0.25, 0.3) is 0 Å².